The Hall–Kier alpha value is -3.38. The maximum atomic E-state index is 12.9. The van der Waals surface area contributed by atoms with Crippen molar-refractivity contribution in [1.29, 1.82) is 0 Å². The Morgan fingerprint density at radius 2 is 1.97 bits per heavy atom. The third kappa shape index (κ3) is 4.86. The molecule has 2 heterocycles. The molecule has 1 fully saturated rings. The van der Waals surface area contributed by atoms with Gasteiger partial charge >= 0.3 is 0 Å². The van der Waals surface area contributed by atoms with E-state index < -0.39 is 5.92 Å². The lowest BCUT2D eigenvalue weighted by Gasteiger charge is -2.25. The molecule has 0 saturated carbocycles. The predicted molar refractivity (Wildman–Crippen MR) is 118 cm³/mol. The highest BCUT2D eigenvalue weighted by Gasteiger charge is 2.42. The number of amides is 2. The molecule has 0 spiro atoms. The van der Waals surface area contributed by atoms with E-state index in [1.54, 1.807) is 36.3 Å². The van der Waals surface area contributed by atoms with Crippen LogP contribution in [-0.2, 0) is 16.1 Å². The van der Waals surface area contributed by atoms with Crippen molar-refractivity contribution in [1.82, 2.24) is 15.2 Å². The zero-order valence-corrected chi connectivity index (χ0v) is 17.8. The third-order valence-corrected chi connectivity index (χ3v) is 5.58. The summed E-state index contributed by atoms with van der Waals surface area (Å²) in [5.41, 5.74) is 1.69. The molecule has 0 bridgehead atoms. The monoisotopic (exact) mass is 435 g/mol. The van der Waals surface area contributed by atoms with Gasteiger partial charge in [-0.2, -0.15) is 0 Å². The summed E-state index contributed by atoms with van der Waals surface area (Å²) in [6.07, 6.45) is 1.83. The van der Waals surface area contributed by atoms with Crippen molar-refractivity contribution in [2.24, 2.45) is 5.92 Å². The molecular formula is C24H22ClN3O3. The van der Waals surface area contributed by atoms with Gasteiger partial charge in [-0.3, -0.25) is 9.59 Å². The molecule has 1 saturated heterocycles. The lowest BCUT2D eigenvalue weighted by Crippen LogP contribution is -2.34. The predicted octanol–water partition coefficient (Wildman–Crippen LogP) is 4.36. The average Bonchev–Trinajstić information content (AvgIpc) is 3.08. The van der Waals surface area contributed by atoms with Crippen molar-refractivity contribution in [3.05, 3.63) is 89.1 Å². The second-order valence-corrected chi connectivity index (χ2v) is 7.89. The number of nitrogens with one attached hydrogen (secondary N) is 1. The lowest BCUT2D eigenvalue weighted by atomic mass is 9.93. The van der Waals surface area contributed by atoms with E-state index >= 15 is 0 Å². The smallest absolute Gasteiger partial charge is 0.226 e. The number of ether oxygens (including phenoxy) is 1. The van der Waals surface area contributed by atoms with Crippen molar-refractivity contribution in [3.63, 3.8) is 0 Å². The number of halogens is 1. The van der Waals surface area contributed by atoms with E-state index in [4.69, 9.17) is 16.3 Å². The third-order valence-electron chi connectivity index (χ3n) is 5.34. The van der Waals surface area contributed by atoms with Crippen LogP contribution in [0.1, 0.15) is 23.6 Å². The summed E-state index contributed by atoms with van der Waals surface area (Å²) in [4.78, 5) is 31.1. The standard InChI is InChI=1S/C24H22ClN3O3/c1-28-22(29)13-20(23(28)17-6-5-7-18(25)12-17)24(30)27-15-16-10-11-21(26-14-16)31-19-8-3-2-4-9-19/h2-12,14,20,23H,13,15H2,1H3,(H,27,30). The first-order chi connectivity index (χ1) is 15.0. The van der Waals surface area contributed by atoms with Gasteiger partial charge in [0.15, 0.2) is 0 Å². The number of carbonyl (C=O) groups excluding carboxylic acids is 2. The molecule has 1 N–H and O–H groups in total. The van der Waals surface area contributed by atoms with Crippen LogP contribution in [0.5, 0.6) is 11.6 Å². The summed E-state index contributed by atoms with van der Waals surface area (Å²) in [5, 5.41) is 3.51. The molecule has 0 aliphatic carbocycles. The van der Waals surface area contributed by atoms with Crippen molar-refractivity contribution in [2.75, 3.05) is 7.05 Å². The van der Waals surface area contributed by atoms with Crippen LogP contribution in [0.4, 0.5) is 0 Å². The highest BCUT2D eigenvalue weighted by atomic mass is 35.5. The zero-order chi connectivity index (χ0) is 21.8. The molecule has 2 atom stereocenters. The number of aromatic nitrogens is 1. The van der Waals surface area contributed by atoms with E-state index in [0.29, 0.717) is 23.2 Å². The number of carbonyl (C=O) groups is 2. The fraction of sp³-hybridized carbons (Fsp3) is 0.208. The Labute approximate surface area is 185 Å². The molecule has 31 heavy (non-hydrogen) atoms. The van der Waals surface area contributed by atoms with Gasteiger partial charge in [-0.05, 0) is 35.4 Å². The molecule has 2 aromatic carbocycles. The average molecular weight is 436 g/mol. The molecule has 0 radical (unpaired) electrons. The molecule has 1 aromatic heterocycles. The Balaban J connectivity index is 1.40. The number of hydrogen-bond acceptors (Lipinski definition) is 4. The molecule has 4 rings (SSSR count). The Bertz CT molecular complexity index is 1070. The number of para-hydroxylation sites is 1. The summed E-state index contributed by atoms with van der Waals surface area (Å²) in [6.45, 7) is 0.314. The van der Waals surface area contributed by atoms with E-state index in [2.05, 4.69) is 10.3 Å². The minimum Gasteiger partial charge on any atom is -0.439 e. The van der Waals surface area contributed by atoms with Crippen molar-refractivity contribution >= 4 is 23.4 Å². The number of hydrogen-bond donors (Lipinski definition) is 1. The number of pyridine rings is 1. The highest BCUT2D eigenvalue weighted by Crippen LogP contribution is 2.37. The first-order valence-corrected chi connectivity index (χ1v) is 10.4. The summed E-state index contributed by atoms with van der Waals surface area (Å²) in [6, 6.07) is 20.0. The molecule has 6 nitrogen and oxygen atoms in total. The van der Waals surface area contributed by atoms with Gasteiger partial charge in [-0.1, -0.05) is 48.0 Å². The maximum Gasteiger partial charge on any atom is 0.226 e. The second-order valence-electron chi connectivity index (χ2n) is 7.45. The highest BCUT2D eigenvalue weighted by molar-refractivity contribution is 6.30. The number of nitrogens with zero attached hydrogens (tertiary/aromatic N) is 2. The van der Waals surface area contributed by atoms with Crippen molar-refractivity contribution < 1.29 is 14.3 Å². The quantitative estimate of drug-likeness (QED) is 0.624. The van der Waals surface area contributed by atoms with Crippen LogP contribution in [0.2, 0.25) is 5.02 Å². The van der Waals surface area contributed by atoms with Gasteiger partial charge in [0, 0.05) is 37.3 Å². The van der Waals surface area contributed by atoms with Gasteiger partial charge in [0.2, 0.25) is 17.7 Å². The summed E-state index contributed by atoms with van der Waals surface area (Å²) >= 11 is 6.12. The van der Waals surface area contributed by atoms with E-state index in [1.165, 1.54) is 0 Å². The Kier molecular flexibility index (Phi) is 6.18. The summed E-state index contributed by atoms with van der Waals surface area (Å²) in [7, 11) is 1.72. The first-order valence-electron chi connectivity index (χ1n) is 9.98. The van der Waals surface area contributed by atoms with Crippen molar-refractivity contribution in [2.45, 2.75) is 19.0 Å². The topological polar surface area (TPSA) is 71.5 Å². The van der Waals surface area contributed by atoms with E-state index in [0.717, 1.165) is 11.1 Å². The lowest BCUT2D eigenvalue weighted by molar-refractivity contribution is -0.128. The van der Waals surface area contributed by atoms with Crippen LogP contribution < -0.4 is 10.1 Å². The van der Waals surface area contributed by atoms with Crippen LogP contribution in [-0.4, -0.2) is 28.7 Å². The number of rotatable bonds is 6. The molecule has 2 amide bonds. The zero-order valence-electron chi connectivity index (χ0n) is 17.0. The maximum absolute atomic E-state index is 12.9. The normalized spacial score (nSPS) is 18.1. The fourth-order valence-corrected chi connectivity index (χ4v) is 3.96. The Morgan fingerprint density at radius 3 is 2.68 bits per heavy atom. The molecule has 1 aliphatic rings. The van der Waals surface area contributed by atoms with Crippen LogP contribution in [0, 0.1) is 5.92 Å². The van der Waals surface area contributed by atoms with Gasteiger partial charge in [0.1, 0.15) is 5.75 Å². The van der Waals surface area contributed by atoms with E-state index in [9.17, 15) is 9.59 Å². The SMILES string of the molecule is CN1C(=O)CC(C(=O)NCc2ccc(Oc3ccccc3)nc2)C1c1cccc(Cl)c1. The van der Waals surface area contributed by atoms with Gasteiger partial charge in [0.05, 0.1) is 12.0 Å². The molecule has 158 valence electrons. The van der Waals surface area contributed by atoms with Gasteiger partial charge in [-0.25, -0.2) is 4.98 Å². The largest absolute Gasteiger partial charge is 0.439 e. The van der Waals surface area contributed by atoms with Gasteiger partial charge in [0.25, 0.3) is 0 Å². The van der Waals surface area contributed by atoms with Crippen LogP contribution >= 0.6 is 11.6 Å². The van der Waals surface area contributed by atoms with E-state index in [1.807, 2.05) is 48.5 Å². The molecule has 1 aliphatic heterocycles. The van der Waals surface area contributed by atoms with Gasteiger partial charge < -0.3 is 15.0 Å². The first kappa shape index (κ1) is 20.9. The molecule has 3 aromatic rings. The van der Waals surface area contributed by atoms with Crippen LogP contribution in [0.3, 0.4) is 0 Å². The minimum atomic E-state index is -0.482. The minimum absolute atomic E-state index is 0.0609. The summed E-state index contributed by atoms with van der Waals surface area (Å²) < 4.78 is 5.68. The number of benzene rings is 2. The fourth-order valence-electron chi connectivity index (χ4n) is 3.76. The van der Waals surface area contributed by atoms with Crippen LogP contribution in [0.15, 0.2) is 72.9 Å². The Morgan fingerprint density at radius 1 is 1.16 bits per heavy atom. The number of likely N-dealkylation sites (tertiary alicyclic amines) is 1. The molecule has 2 unspecified atom stereocenters. The van der Waals surface area contributed by atoms with Gasteiger partial charge in [-0.15, -0.1) is 0 Å². The van der Waals surface area contributed by atoms with E-state index in [-0.39, 0.29) is 24.3 Å². The van der Waals surface area contributed by atoms with Crippen LogP contribution in [0.25, 0.3) is 0 Å². The summed E-state index contributed by atoms with van der Waals surface area (Å²) in [5.74, 6) is 0.467. The molecule has 7 heteroatoms. The van der Waals surface area contributed by atoms with Crippen molar-refractivity contribution in [3.8, 4) is 11.6 Å². The second kappa shape index (κ2) is 9.18. The molecular weight excluding hydrogens is 414 g/mol.